The van der Waals surface area contributed by atoms with Crippen LogP contribution in [0.2, 0.25) is 0 Å². The first-order valence-corrected chi connectivity index (χ1v) is 10.1. The monoisotopic (exact) mass is 390 g/mol. The molecule has 0 aliphatic carbocycles. The van der Waals surface area contributed by atoms with Gasteiger partial charge in [-0.3, -0.25) is 4.79 Å². The van der Waals surface area contributed by atoms with Crippen LogP contribution in [0.1, 0.15) is 12.5 Å². The quantitative estimate of drug-likeness (QED) is 0.815. The third-order valence-electron chi connectivity index (χ3n) is 4.36. The molecule has 0 atom stereocenters. The molecule has 3 rings (SSSR count). The number of para-hydroxylation sites is 1. The van der Waals surface area contributed by atoms with Crippen molar-refractivity contribution in [3.63, 3.8) is 0 Å². The van der Waals surface area contributed by atoms with Crippen molar-refractivity contribution in [2.24, 2.45) is 0 Å². The lowest BCUT2D eigenvalue weighted by molar-refractivity contribution is -0.116. The molecule has 1 N–H and O–H groups in total. The molecule has 27 heavy (non-hydrogen) atoms. The Kier molecular flexibility index (Phi) is 5.67. The van der Waals surface area contributed by atoms with Crippen LogP contribution in [0.5, 0.6) is 11.5 Å². The first kappa shape index (κ1) is 19.2. The van der Waals surface area contributed by atoms with E-state index in [0.29, 0.717) is 31.0 Å². The fourth-order valence-corrected chi connectivity index (χ4v) is 4.06. The number of nitrogens with zero attached hydrogens (tertiary/aromatic N) is 1. The van der Waals surface area contributed by atoms with Gasteiger partial charge in [0.25, 0.3) is 0 Å². The Morgan fingerprint density at radius 2 is 2.04 bits per heavy atom. The van der Waals surface area contributed by atoms with Crippen molar-refractivity contribution in [2.45, 2.75) is 18.2 Å². The molecule has 0 saturated heterocycles. The third-order valence-corrected chi connectivity index (χ3v) is 5.82. The summed E-state index contributed by atoms with van der Waals surface area (Å²) in [6, 6.07) is 12.0. The van der Waals surface area contributed by atoms with Crippen LogP contribution in [-0.2, 0) is 21.2 Å². The Labute approximate surface area is 158 Å². The summed E-state index contributed by atoms with van der Waals surface area (Å²) in [5.74, 6) is 1.07. The molecule has 144 valence electrons. The molecule has 0 unspecified atom stereocenters. The average molecular weight is 390 g/mol. The molecule has 0 aromatic heterocycles. The number of hydrogen-bond acceptors (Lipinski definition) is 5. The summed E-state index contributed by atoms with van der Waals surface area (Å²) < 4.78 is 38.7. The van der Waals surface area contributed by atoms with Crippen LogP contribution in [0.15, 0.2) is 47.4 Å². The van der Waals surface area contributed by atoms with Crippen LogP contribution in [0, 0.1) is 0 Å². The average Bonchev–Trinajstić information content (AvgIpc) is 2.67. The number of ether oxygens (including phenoxy) is 2. The molecule has 1 aliphatic heterocycles. The summed E-state index contributed by atoms with van der Waals surface area (Å²) in [4.78, 5) is 13.4. The molecule has 2 aromatic carbocycles. The number of hydrogen-bond donors (Lipinski definition) is 1. The first-order valence-electron chi connectivity index (χ1n) is 8.59. The summed E-state index contributed by atoms with van der Waals surface area (Å²) >= 11 is 0. The fraction of sp³-hybridized carbons (Fsp3) is 0.316. The predicted molar refractivity (Wildman–Crippen MR) is 102 cm³/mol. The van der Waals surface area contributed by atoms with Gasteiger partial charge in [-0.05, 0) is 36.2 Å². The molecule has 0 spiro atoms. The van der Waals surface area contributed by atoms with E-state index in [-0.39, 0.29) is 17.3 Å². The standard InChI is InChI=1S/C19H22N2O5S/c1-14(22)21-11-12-26-19-8-7-16(13-17(19)21)27(23,24)20-10-9-15-5-3-4-6-18(15)25-2/h3-8,13,20H,9-12H2,1-2H3. The Hall–Kier alpha value is -2.58. The minimum atomic E-state index is -3.72. The van der Waals surface area contributed by atoms with Crippen LogP contribution in [0.4, 0.5) is 5.69 Å². The van der Waals surface area contributed by atoms with E-state index in [1.165, 1.54) is 24.0 Å². The molecule has 1 heterocycles. The smallest absolute Gasteiger partial charge is 0.240 e. The van der Waals surface area contributed by atoms with E-state index in [4.69, 9.17) is 9.47 Å². The number of anilines is 1. The zero-order valence-electron chi connectivity index (χ0n) is 15.3. The Morgan fingerprint density at radius 1 is 1.26 bits per heavy atom. The van der Waals surface area contributed by atoms with E-state index in [0.717, 1.165) is 11.3 Å². The number of benzene rings is 2. The topological polar surface area (TPSA) is 84.9 Å². The van der Waals surface area contributed by atoms with Crippen molar-refractivity contribution < 1.29 is 22.7 Å². The lowest BCUT2D eigenvalue weighted by atomic mass is 10.1. The van der Waals surface area contributed by atoms with Gasteiger partial charge in [0, 0.05) is 13.5 Å². The molecule has 0 saturated carbocycles. The number of methoxy groups -OCH3 is 1. The van der Waals surface area contributed by atoms with E-state index >= 15 is 0 Å². The number of nitrogens with one attached hydrogen (secondary N) is 1. The molecule has 0 bridgehead atoms. The van der Waals surface area contributed by atoms with Gasteiger partial charge in [0.2, 0.25) is 15.9 Å². The molecule has 1 amide bonds. The first-order chi connectivity index (χ1) is 12.9. The van der Waals surface area contributed by atoms with E-state index in [1.54, 1.807) is 13.2 Å². The summed E-state index contributed by atoms with van der Waals surface area (Å²) in [5, 5.41) is 0. The van der Waals surface area contributed by atoms with Crippen LogP contribution < -0.4 is 19.1 Å². The van der Waals surface area contributed by atoms with Crippen LogP contribution in [0.3, 0.4) is 0 Å². The van der Waals surface area contributed by atoms with Gasteiger partial charge in [-0.25, -0.2) is 13.1 Å². The molecular weight excluding hydrogens is 368 g/mol. The molecule has 2 aromatic rings. The normalized spacial score (nSPS) is 13.6. The minimum absolute atomic E-state index is 0.0954. The van der Waals surface area contributed by atoms with Gasteiger partial charge in [0.05, 0.1) is 24.2 Å². The minimum Gasteiger partial charge on any atom is -0.496 e. The second-order valence-corrected chi connectivity index (χ2v) is 7.88. The van der Waals surface area contributed by atoms with Crippen LogP contribution in [0.25, 0.3) is 0 Å². The van der Waals surface area contributed by atoms with Crippen molar-refractivity contribution in [3.8, 4) is 11.5 Å². The van der Waals surface area contributed by atoms with Crippen LogP contribution in [-0.4, -0.2) is 41.1 Å². The number of rotatable bonds is 6. The fourth-order valence-electron chi connectivity index (χ4n) is 3.00. The van der Waals surface area contributed by atoms with Gasteiger partial charge in [0.15, 0.2) is 0 Å². The van der Waals surface area contributed by atoms with Gasteiger partial charge in [-0.15, -0.1) is 0 Å². The maximum atomic E-state index is 12.7. The van der Waals surface area contributed by atoms with Gasteiger partial charge >= 0.3 is 0 Å². The number of carbonyl (C=O) groups excluding carboxylic acids is 1. The number of fused-ring (bicyclic) bond motifs is 1. The maximum absolute atomic E-state index is 12.7. The SMILES string of the molecule is COc1ccccc1CCNS(=O)(=O)c1ccc2c(c1)N(C(C)=O)CCO2. The van der Waals surface area contributed by atoms with Gasteiger partial charge in [0.1, 0.15) is 18.1 Å². The van der Waals surface area contributed by atoms with Crippen molar-refractivity contribution in [3.05, 3.63) is 48.0 Å². The summed E-state index contributed by atoms with van der Waals surface area (Å²) in [7, 11) is -2.13. The summed E-state index contributed by atoms with van der Waals surface area (Å²) in [6.45, 7) is 2.46. The highest BCUT2D eigenvalue weighted by Crippen LogP contribution is 2.33. The van der Waals surface area contributed by atoms with Gasteiger partial charge < -0.3 is 14.4 Å². The number of amides is 1. The van der Waals surface area contributed by atoms with Gasteiger partial charge in [-0.1, -0.05) is 18.2 Å². The molecular formula is C19H22N2O5S. The highest BCUT2D eigenvalue weighted by atomic mass is 32.2. The molecule has 1 aliphatic rings. The second kappa shape index (κ2) is 7.98. The summed E-state index contributed by atoms with van der Waals surface area (Å²) in [6.07, 6.45) is 0.497. The zero-order chi connectivity index (χ0) is 19.4. The predicted octanol–water partition coefficient (Wildman–Crippen LogP) is 1.96. The van der Waals surface area contributed by atoms with E-state index in [2.05, 4.69) is 4.72 Å². The van der Waals surface area contributed by atoms with E-state index in [9.17, 15) is 13.2 Å². The van der Waals surface area contributed by atoms with Crippen molar-refractivity contribution in [1.29, 1.82) is 0 Å². The van der Waals surface area contributed by atoms with E-state index in [1.807, 2.05) is 24.3 Å². The van der Waals surface area contributed by atoms with Gasteiger partial charge in [-0.2, -0.15) is 0 Å². The Balaban J connectivity index is 1.75. The highest BCUT2D eigenvalue weighted by Gasteiger charge is 2.24. The van der Waals surface area contributed by atoms with E-state index < -0.39 is 10.0 Å². The molecule has 8 heteroatoms. The third kappa shape index (κ3) is 4.23. The highest BCUT2D eigenvalue weighted by molar-refractivity contribution is 7.89. The second-order valence-electron chi connectivity index (χ2n) is 6.11. The lowest BCUT2D eigenvalue weighted by Gasteiger charge is -2.29. The van der Waals surface area contributed by atoms with Crippen molar-refractivity contribution in [2.75, 3.05) is 31.7 Å². The molecule has 0 fully saturated rings. The maximum Gasteiger partial charge on any atom is 0.240 e. The van der Waals surface area contributed by atoms with Crippen LogP contribution >= 0.6 is 0 Å². The Bertz CT molecular complexity index is 943. The zero-order valence-corrected chi connectivity index (χ0v) is 16.1. The largest absolute Gasteiger partial charge is 0.496 e. The van der Waals surface area contributed by atoms with Crippen molar-refractivity contribution >= 4 is 21.6 Å². The Morgan fingerprint density at radius 3 is 2.78 bits per heavy atom. The lowest BCUT2D eigenvalue weighted by Crippen LogP contribution is -2.36. The number of carbonyl (C=O) groups is 1. The van der Waals surface area contributed by atoms with Crippen molar-refractivity contribution in [1.82, 2.24) is 4.72 Å². The molecule has 0 radical (unpaired) electrons. The summed E-state index contributed by atoms with van der Waals surface area (Å²) in [5.41, 5.74) is 1.39. The molecule has 7 nitrogen and oxygen atoms in total. The number of sulfonamides is 1.